The number of nitrogens with zero attached hydrogens (tertiary/aromatic N) is 1. The van der Waals surface area contributed by atoms with Crippen molar-refractivity contribution in [3.63, 3.8) is 0 Å². The molecule has 392 valence electrons. The normalized spacial score (nSPS) is 13.4. The van der Waals surface area contributed by atoms with Crippen LogP contribution in [0.25, 0.3) is 0 Å². The van der Waals surface area contributed by atoms with Crippen molar-refractivity contribution in [2.75, 3.05) is 41.0 Å². The lowest BCUT2D eigenvalue weighted by molar-refractivity contribution is -0.889. The van der Waals surface area contributed by atoms with Gasteiger partial charge in [-0.25, -0.2) is 0 Å². The largest absolute Gasteiger partial charge is 0.544 e. The van der Waals surface area contributed by atoms with Gasteiger partial charge in [-0.3, -0.25) is 9.59 Å². The molecule has 0 heterocycles. The van der Waals surface area contributed by atoms with Crippen LogP contribution in [-0.4, -0.2) is 75.5 Å². The number of aliphatic carboxylic acids is 1. The van der Waals surface area contributed by atoms with Crippen molar-refractivity contribution >= 4 is 17.9 Å². The number of hydrogen-bond donors (Lipinski definition) is 0. The van der Waals surface area contributed by atoms with Gasteiger partial charge >= 0.3 is 11.9 Å². The number of likely N-dealkylation sites (N-methyl/N-ethyl adjacent to an activating group) is 1. The molecule has 0 aliphatic carbocycles. The summed E-state index contributed by atoms with van der Waals surface area (Å²) in [5, 5.41) is 11.7. The Kier molecular flexibility index (Phi) is 47.8. The van der Waals surface area contributed by atoms with Gasteiger partial charge in [-0.2, -0.15) is 0 Å². The third-order valence-electron chi connectivity index (χ3n) is 12.3. The Morgan fingerprint density at radius 1 is 0.441 bits per heavy atom. The summed E-state index contributed by atoms with van der Waals surface area (Å²) in [5.74, 6) is -1.73. The van der Waals surface area contributed by atoms with Gasteiger partial charge in [0.05, 0.1) is 40.3 Å². The Morgan fingerprint density at radius 2 is 0.779 bits per heavy atom. The van der Waals surface area contributed by atoms with Crippen LogP contribution in [0.2, 0.25) is 0 Å². The molecular formula is C60H105NO7. The summed E-state index contributed by atoms with van der Waals surface area (Å²) in [5.41, 5.74) is 0. The molecule has 0 rings (SSSR count). The maximum absolute atomic E-state index is 12.8. The molecule has 0 N–H and O–H groups in total. The number of esters is 2. The van der Waals surface area contributed by atoms with Gasteiger partial charge < -0.3 is 28.6 Å². The van der Waals surface area contributed by atoms with E-state index in [1.807, 2.05) is 0 Å². The number of carboxylic acid groups (broad SMARTS) is 1. The highest BCUT2D eigenvalue weighted by Crippen LogP contribution is 2.16. The van der Waals surface area contributed by atoms with Crippen molar-refractivity contribution in [2.24, 2.45) is 0 Å². The van der Waals surface area contributed by atoms with Crippen LogP contribution in [0, 0.1) is 0 Å². The fraction of sp³-hybridized carbons (Fsp3) is 0.750. The minimum absolute atomic E-state index is 0.0379. The molecule has 8 heteroatoms. The standard InChI is InChI=1S/C60H105NO7/c1-6-8-10-12-14-16-18-20-22-24-26-28-29-31-33-35-37-39-41-43-45-47-49-51-59(63)68-56(54-66-53-52-57(60(64)65)61(3,4)5)55-67-58(62)50-48-46-44-42-40-38-36-34-32-30-27-25-23-21-19-17-15-13-11-9-7-2/h8-11,14-17,20,22,26,28,56-57H,6-7,12-13,18-19,21,23-25,27,29-55H2,1-5H3/b10-8+,11-9+,16-14+,17-15+,22-20+,28-26+. The van der Waals surface area contributed by atoms with E-state index in [-0.39, 0.29) is 42.7 Å². The molecule has 0 spiro atoms. The molecule has 0 aromatic heterocycles. The second-order valence-electron chi connectivity index (χ2n) is 19.8. The minimum Gasteiger partial charge on any atom is -0.544 e. The number of hydrogen-bond acceptors (Lipinski definition) is 7. The third-order valence-corrected chi connectivity index (χ3v) is 12.3. The van der Waals surface area contributed by atoms with Crippen molar-refractivity contribution in [1.29, 1.82) is 0 Å². The molecule has 68 heavy (non-hydrogen) atoms. The fourth-order valence-corrected chi connectivity index (χ4v) is 8.10. The number of ether oxygens (including phenoxy) is 3. The van der Waals surface area contributed by atoms with E-state index >= 15 is 0 Å². The molecule has 0 fully saturated rings. The summed E-state index contributed by atoms with van der Waals surface area (Å²) in [7, 11) is 5.42. The number of allylic oxidation sites excluding steroid dienone is 12. The number of carbonyl (C=O) groups excluding carboxylic acids is 3. The predicted molar refractivity (Wildman–Crippen MR) is 286 cm³/mol. The maximum Gasteiger partial charge on any atom is 0.306 e. The summed E-state index contributed by atoms with van der Waals surface area (Å²) < 4.78 is 17.3. The summed E-state index contributed by atoms with van der Waals surface area (Å²) in [6.07, 6.45) is 65.1. The van der Waals surface area contributed by atoms with Crippen LogP contribution in [0.5, 0.6) is 0 Å². The van der Waals surface area contributed by atoms with Crippen LogP contribution in [-0.2, 0) is 28.6 Å². The van der Waals surface area contributed by atoms with E-state index in [1.165, 1.54) is 128 Å². The summed E-state index contributed by atoms with van der Waals surface area (Å²) >= 11 is 0. The molecule has 2 unspecified atom stereocenters. The molecule has 0 aliphatic rings. The Labute approximate surface area is 419 Å². The number of quaternary nitrogens is 1. The Morgan fingerprint density at radius 3 is 1.15 bits per heavy atom. The molecule has 0 aliphatic heterocycles. The molecule has 8 nitrogen and oxygen atoms in total. The van der Waals surface area contributed by atoms with E-state index in [2.05, 4.69) is 86.8 Å². The van der Waals surface area contributed by atoms with Crippen molar-refractivity contribution in [3.05, 3.63) is 72.9 Å². The average Bonchev–Trinajstić information content (AvgIpc) is 3.30. The first kappa shape index (κ1) is 64.8. The van der Waals surface area contributed by atoms with Gasteiger partial charge in [0.1, 0.15) is 12.6 Å². The second-order valence-corrected chi connectivity index (χ2v) is 19.8. The lowest BCUT2D eigenvalue weighted by Gasteiger charge is -2.34. The molecule has 0 radical (unpaired) electrons. The average molecular weight is 952 g/mol. The number of carboxylic acids is 1. The first-order chi connectivity index (χ1) is 33.1. The zero-order valence-electron chi connectivity index (χ0n) is 44.8. The quantitative estimate of drug-likeness (QED) is 0.0259. The summed E-state index contributed by atoms with van der Waals surface area (Å²) in [4.78, 5) is 37.2. The van der Waals surface area contributed by atoms with Crippen molar-refractivity contribution in [3.8, 4) is 0 Å². The van der Waals surface area contributed by atoms with Gasteiger partial charge in [0.2, 0.25) is 0 Å². The zero-order chi connectivity index (χ0) is 49.9. The second kappa shape index (κ2) is 50.2. The molecule has 0 saturated carbocycles. The summed E-state index contributed by atoms with van der Waals surface area (Å²) in [6, 6.07) is -0.730. The van der Waals surface area contributed by atoms with Crippen LogP contribution in [0.3, 0.4) is 0 Å². The first-order valence-electron chi connectivity index (χ1n) is 28.0. The zero-order valence-corrected chi connectivity index (χ0v) is 44.8. The van der Waals surface area contributed by atoms with Gasteiger partial charge in [0, 0.05) is 19.3 Å². The van der Waals surface area contributed by atoms with Crippen molar-refractivity contribution in [2.45, 2.75) is 251 Å². The van der Waals surface area contributed by atoms with Crippen LogP contribution in [0.4, 0.5) is 0 Å². The Hall–Kier alpha value is -3.23. The smallest absolute Gasteiger partial charge is 0.306 e. The van der Waals surface area contributed by atoms with E-state index in [4.69, 9.17) is 14.2 Å². The van der Waals surface area contributed by atoms with Crippen LogP contribution >= 0.6 is 0 Å². The lowest BCUT2D eigenvalue weighted by atomic mass is 10.0. The topological polar surface area (TPSA) is 102 Å². The molecular weight excluding hydrogens is 847 g/mol. The minimum atomic E-state index is -1.13. The van der Waals surface area contributed by atoms with E-state index in [9.17, 15) is 19.5 Å². The van der Waals surface area contributed by atoms with Gasteiger partial charge in [0.15, 0.2) is 6.10 Å². The molecule has 0 bridgehead atoms. The van der Waals surface area contributed by atoms with Crippen molar-refractivity contribution < 1.29 is 38.2 Å². The van der Waals surface area contributed by atoms with E-state index in [0.717, 1.165) is 77.0 Å². The van der Waals surface area contributed by atoms with E-state index in [1.54, 1.807) is 21.1 Å². The monoisotopic (exact) mass is 952 g/mol. The predicted octanol–water partition coefficient (Wildman–Crippen LogP) is 15.3. The SMILES string of the molecule is CC/C=C/C/C=C/C/C=C/C/C=C/CCCCCCCCCCCCC(=O)OC(COCCC(C(=O)[O-])[N+](C)(C)C)COC(=O)CCCCCCCCCCCCCCCC/C=C/C/C=C/CC. The van der Waals surface area contributed by atoms with Crippen LogP contribution in [0.1, 0.15) is 239 Å². The fourth-order valence-electron chi connectivity index (χ4n) is 8.10. The number of unbranched alkanes of at least 4 members (excludes halogenated alkanes) is 24. The van der Waals surface area contributed by atoms with Gasteiger partial charge in [-0.1, -0.05) is 215 Å². The molecule has 0 saturated heterocycles. The highest BCUT2D eigenvalue weighted by molar-refractivity contribution is 5.70. The molecule has 0 aromatic carbocycles. The lowest BCUT2D eigenvalue weighted by Crippen LogP contribution is -2.55. The van der Waals surface area contributed by atoms with Crippen LogP contribution < -0.4 is 5.11 Å². The first-order valence-corrected chi connectivity index (χ1v) is 28.0. The molecule has 0 amide bonds. The number of carbonyl (C=O) groups is 3. The number of rotatable bonds is 50. The third kappa shape index (κ3) is 47.8. The maximum atomic E-state index is 12.8. The van der Waals surface area contributed by atoms with Crippen molar-refractivity contribution in [1.82, 2.24) is 0 Å². The Bertz CT molecular complexity index is 1340. The van der Waals surface area contributed by atoms with E-state index in [0.29, 0.717) is 12.8 Å². The van der Waals surface area contributed by atoms with Gasteiger partial charge in [-0.15, -0.1) is 0 Å². The highest BCUT2D eigenvalue weighted by atomic mass is 16.6. The Balaban J connectivity index is 4.18. The van der Waals surface area contributed by atoms with E-state index < -0.39 is 18.1 Å². The van der Waals surface area contributed by atoms with Gasteiger partial charge in [0.25, 0.3) is 0 Å². The highest BCUT2D eigenvalue weighted by Gasteiger charge is 2.25. The van der Waals surface area contributed by atoms with Crippen LogP contribution in [0.15, 0.2) is 72.9 Å². The molecule has 0 aromatic rings. The van der Waals surface area contributed by atoms with Gasteiger partial charge in [-0.05, 0) is 77.0 Å². The molecule has 2 atom stereocenters. The summed E-state index contributed by atoms with van der Waals surface area (Å²) in [6.45, 7) is 4.47.